The van der Waals surface area contributed by atoms with Crippen molar-refractivity contribution in [3.05, 3.63) is 24.6 Å². The topological polar surface area (TPSA) is 0 Å². The summed E-state index contributed by atoms with van der Waals surface area (Å²) in [5.74, 6) is 0. The van der Waals surface area contributed by atoms with E-state index >= 15 is 0 Å². The van der Waals surface area contributed by atoms with Crippen LogP contribution < -0.4 is 0 Å². The molecule has 56 valence electrons. The summed E-state index contributed by atoms with van der Waals surface area (Å²) in [5, 5.41) is 0. The van der Waals surface area contributed by atoms with Crippen molar-refractivity contribution >= 4 is 36.9 Å². The van der Waals surface area contributed by atoms with Crippen LogP contribution in [-0.4, -0.2) is 14.8 Å². The normalized spacial score (nSPS) is 45.8. The van der Waals surface area contributed by atoms with E-state index in [1.54, 1.807) is 0 Å². The summed E-state index contributed by atoms with van der Waals surface area (Å²) < 4.78 is 0. The van der Waals surface area contributed by atoms with Crippen LogP contribution in [0.1, 0.15) is 0 Å². The average Bonchev–Trinajstić information content (AvgIpc) is 1.85. The highest BCUT2D eigenvalue weighted by atomic mass is 35.6. The molecule has 0 bridgehead atoms. The largest absolute Gasteiger partial charge is 0.177 e. The summed E-state index contributed by atoms with van der Waals surface area (Å²) in [4.78, 5) is 0. The Balaban J connectivity index is 2.57. The molecule has 1 aliphatic heterocycles. The smallest absolute Gasteiger partial charge is 0.162 e. The van der Waals surface area contributed by atoms with Gasteiger partial charge >= 0.3 is 0 Å². The Hall–Kier alpha value is 0.494. The summed E-state index contributed by atoms with van der Waals surface area (Å²) in [6.07, 6.45) is 0. The quantitative estimate of drug-likeness (QED) is 0.484. The predicted molar refractivity (Wildman–Crippen MR) is 53.2 cm³/mol. The number of rotatable bonds is 2. The fourth-order valence-electron chi connectivity index (χ4n) is 1.21. The van der Waals surface area contributed by atoms with Gasteiger partial charge in [-0.3, -0.25) is 0 Å². The van der Waals surface area contributed by atoms with E-state index in [2.05, 4.69) is 13.2 Å². The van der Waals surface area contributed by atoms with Gasteiger partial charge in [0.2, 0.25) is 0 Å². The summed E-state index contributed by atoms with van der Waals surface area (Å²) in [6, 6.07) is 0. The lowest BCUT2D eigenvalue weighted by atomic mass is 11.3. The zero-order valence-electron chi connectivity index (χ0n) is 5.74. The maximum atomic E-state index is 6.18. The van der Waals surface area contributed by atoms with Crippen molar-refractivity contribution in [2.45, 2.75) is 11.3 Å². The van der Waals surface area contributed by atoms with Crippen molar-refractivity contribution in [2.75, 3.05) is 0 Å². The van der Waals surface area contributed by atoms with Crippen molar-refractivity contribution < 1.29 is 0 Å². The van der Waals surface area contributed by atoms with E-state index in [1.165, 1.54) is 0 Å². The number of hydrogen-bond donors (Lipinski definition) is 0. The minimum absolute atomic E-state index is 1.02. The molecule has 0 radical (unpaired) electrons. The third-order valence-corrected chi connectivity index (χ3v) is 18.5. The van der Waals surface area contributed by atoms with Crippen molar-refractivity contribution in [2.24, 2.45) is 0 Å². The van der Waals surface area contributed by atoms with Crippen LogP contribution in [0.3, 0.4) is 0 Å². The van der Waals surface area contributed by atoms with Crippen LogP contribution in [-0.2, 0) is 0 Å². The third-order valence-electron chi connectivity index (χ3n) is 1.91. The highest BCUT2D eigenvalue weighted by Gasteiger charge is 2.53. The molecular formula is C6H10Cl2Si2. The lowest BCUT2D eigenvalue weighted by Crippen LogP contribution is -2.54. The molecule has 0 saturated carbocycles. The van der Waals surface area contributed by atoms with E-state index in [4.69, 9.17) is 22.2 Å². The van der Waals surface area contributed by atoms with Crippen LogP contribution in [0.4, 0.5) is 0 Å². The first kappa shape index (κ1) is 8.59. The van der Waals surface area contributed by atoms with Gasteiger partial charge in [0.1, 0.15) is 0 Å². The first-order chi connectivity index (χ1) is 4.54. The molecule has 1 saturated heterocycles. The van der Waals surface area contributed by atoms with E-state index < -0.39 is 14.8 Å². The summed E-state index contributed by atoms with van der Waals surface area (Å²) in [7, 11) is -3.06. The van der Waals surface area contributed by atoms with Gasteiger partial charge in [0.25, 0.3) is 0 Å². The maximum Gasteiger partial charge on any atom is 0.177 e. The number of halogens is 2. The second-order valence-corrected chi connectivity index (χ2v) is 15.1. The van der Waals surface area contributed by atoms with Crippen LogP contribution in [0.5, 0.6) is 0 Å². The second-order valence-electron chi connectivity index (χ2n) is 2.83. The van der Waals surface area contributed by atoms with Gasteiger partial charge in [-0.15, -0.1) is 13.2 Å². The SMILES string of the molecule is C=C[Si]1(Cl)C[Si](Cl)(C=C)C1. The first-order valence-electron chi connectivity index (χ1n) is 3.19. The van der Waals surface area contributed by atoms with Crippen LogP contribution in [0.2, 0.25) is 11.3 Å². The highest BCUT2D eigenvalue weighted by molar-refractivity contribution is 7.47. The van der Waals surface area contributed by atoms with Gasteiger partial charge in [-0.1, -0.05) is 11.4 Å². The molecule has 0 atom stereocenters. The third kappa shape index (κ3) is 1.39. The van der Waals surface area contributed by atoms with Crippen molar-refractivity contribution in [3.8, 4) is 0 Å². The first-order valence-corrected chi connectivity index (χ1v) is 10.2. The van der Waals surface area contributed by atoms with Gasteiger partial charge < -0.3 is 0 Å². The summed E-state index contributed by atoms with van der Waals surface area (Å²) in [6.45, 7) is 7.43. The van der Waals surface area contributed by atoms with Gasteiger partial charge in [0.05, 0.1) is 0 Å². The lowest BCUT2D eigenvalue weighted by molar-refractivity contribution is 1.53. The molecule has 10 heavy (non-hydrogen) atoms. The molecule has 0 unspecified atom stereocenters. The summed E-state index contributed by atoms with van der Waals surface area (Å²) in [5.41, 5.74) is 5.89. The van der Waals surface area contributed by atoms with E-state index in [0.717, 1.165) is 11.3 Å². The molecule has 1 rings (SSSR count). The fraction of sp³-hybridized carbons (Fsp3) is 0.333. The molecule has 0 aromatic heterocycles. The zero-order valence-corrected chi connectivity index (χ0v) is 9.25. The van der Waals surface area contributed by atoms with E-state index in [-0.39, 0.29) is 0 Å². The molecule has 0 N–H and O–H groups in total. The Morgan fingerprint density at radius 1 is 1.00 bits per heavy atom. The molecule has 0 aliphatic carbocycles. The second kappa shape index (κ2) is 2.52. The molecular weight excluding hydrogens is 199 g/mol. The Kier molecular flexibility index (Phi) is 2.16. The minimum Gasteiger partial charge on any atom is -0.162 e. The molecule has 0 spiro atoms. The van der Waals surface area contributed by atoms with Crippen LogP contribution in [0.15, 0.2) is 24.6 Å². The molecule has 0 nitrogen and oxygen atoms in total. The fourth-order valence-corrected chi connectivity index (χ4v) is 20.7. The standard InChI is InChI=1S/C6H10Cl2Si2/c1-3-9(7)5-10(8,4-2)6-9/h3-4H,1-2,5-6H2. The molecule has 1 aliphatic rings. The summed E-state index contributed by atoms with van der Waals surface area (Å²) >= 11 is 12.4. The van der Waals surface area contributed by atoms with E-state index in [0.29, 0.717) is 0 Å². The van der Waals surface area contributed by atoms with Gasteiger partial charge in [-0.05, 0) is 11.3 Å². The zero-order chi connectivity index (χ0) is 7.83. The molecule has 1 fully saturated rings. The molecule has 4 heteroatoms. The minimum atomic E-state index is -1.53. The Bertz CT molecular complexity index is 155. The average molecular weight is 209 g/mol. The van der Waals surface area contributed by atoms with Crippen molar-refractivity contribution in [3.63, 3.8) is 0 Å². The van der Waals surface area contributed by atoms with Gasteiger partial charge in [-0.25, -0.2) is 0 Å². The molecule has 1 heterocycles. The number of hydrogen-bond acceptors (Lipinski definition) is 0. The molecule has 0 aromatic rings. The predicted octanol–water partition coefficient (Wildman–Crippen LogP) is 2.90. The Labute approximate surface area is 73.0 Å². The maximum absolute atomic E-state index is 6.18. The molecule has 0 aromatic carbocycles. The lowest BCUT2D eigenvalue weighted by Gasteiger charge is -2.41. The van der Waals surface area contributed by atoms with Crippen LogP contribution in [0, 0.1) is 0 Å². The van der Waals surface area contributed by atoms with Crippen molar-refractivity contribution in [1.29, 1.82) is 0 Å². The van der Waals surface area contributed by atoms with Crippen LogP contribution in [0.25, 0.3) is 0 Å². The van der Waals surface area contributed by atoms with Gasteiger partial charge in [0, 0.05) is 0 Å². The highest BCUT2D eigenvalue weighted by Crippen LogP contribution is 2.46. The van der Waals surface area contributed by atoms with E-state index in [1.807, 2.05) is 11.4 Å². The van der Waals surface area contributed by atoms with Crippen molar-refractivity contribution in [1.82, 2.24) is 0 Å². The van der Waals surface area contributed by atoms with Gasteiger partial charge in [-0.2, -0.15) is 22.2 Å². The van der Waals surface area contributed by atoms with E-state index in [9.17, 15) is 0 Å². The Morgan fingerprint density at radius 2 is 1.30 bits per heavy atom. The van der Waals surface area contributed by atoms with Crippen LogP contribution >= 0.6 is 22.2 Å². The monoisotopic (exact) mass is 208 g/mol. The van der Waals surface area contributed by atoms with Gasteiger partial charge in [0.15, 0.2) is 14.8 Å². The molecule has 0 amide bonds. The Morgan fingerprint density at radius 3 is 1.50 bits per heavy atom.